The molecule has 3 fully saturated rings. The Bertz CT molecular complexity index is 2740. The van der Waals surface area contributed by atoms with Gasteiger partial charge in [-0.05, 0) is 61.0 Å². The Balaban J connectivity index is 0.848. The number of nitriles is 1. The molecule has 7 rings (SSSR count). The Kier molecular flexibility index (Phi) is 21.6. The zero-order valence-electron chi connectivity index (χ0n) is 43.6. The van der Waals surface area contributed by atoms with Gasteiger partial charge in [0.2, 0.25) is 11.8 Å². The number of carboxylic acid groups (broad SMARTS) is 2. The van der Waals surface area contributed by atoms with E-state index in [4.69, 9.17) is 18.9 Å². The van der Waals surface area contributed by atoms with E-state index in [1.165, 1.54) is 24.4 Å². The molecule has 6 heterocycles. The fourth-order valence-corrected chi connectivity index (χ4v) is 9.39. The van der Waals surface area contributed by atoms with E-state index in [2.05, 4.69) is 30.1 Å². The number of fused-ring (bicyclic) bond motifs is 1. The van der Waals surface area contributed by atoms with Crippen LogP contribution in [0.2, 0.25) is 0 Å². The third-order valence-electron chi connectivity index (χ3n) is 13.5. The Morgan fingerprint density at radius 2 is 1.35 bits per heavy atom. The fraction of sp³-hybridized carbons (Fsp3) is 0.528. The average Bonchev–Trinajstić information content (AvgIpc) is 3.75. The molecule has 0 spiro atoms. The van der Waals surface area contributed by atoms with Crippen LogP contribution in [0.4, 0.5) is 18.9 Å². The molecule has 0 radical (unpaired) electrons. The number of benzene rings is 1. The maximum Gasteiger partial charge on any atom is 0.354 e. The molecule has 3 amide bonds. The number of anilines is 1. The molecule has 0 aliphatic carbocycles. The zero-order valence-corrected chi connectivity index (χ0v) is 43.6. The number of piperazine rings is 1. The van der Waals surface area contributed by atoms with Crippen LogP contribution in [0.5, 0.6) is 0 Å². The molecule has 3 aliphatic heterocycles. The second kappa shape index (κ2) is 28.6. The largest absolute Gasteiger partial charge is 0.477 e. The van der Waals surface area contributed by atoms with Gasteiger partial charge < -0.3 is 49.2 Å². The number of carbonyl (C=O) groups excluding carboxylic acids is 3. The summed E-state index contributed by atoms with van der Waals surface area (Å²) in [4.78, 5) is 87.1. The topological polar surface area (TPSA) is 257 Å². The lowest BCUT2D eigenvalue weighted by Gasteiger charge is -2.35. The molecule has 420 valence electrons. The Morgan fingerprint density at radius 1 is 0.756 bits per heavy atom. The number of hydrogen-bond acceptors (Lipinski definition) is 17. The molecule has 22 nitrogen and oxygen atoms in total. The quantitative estimate of drug-likeness (QED) is 0.146. The van der Waals surface area contributed by atoms with Crippen LogP contribution in [0.15, 0.2) is 54.7 Å². The van der Waals surface area contributed by atoms with Gasteiger partial charge in [0.15, 0.2) is 5.69 Å². The molecule has 0 bridgehead atoms. The van der Waals surface area contributed by atoms with Crippen molar-refractivity contribution in [1.82, 2.24) is 44.8 Å². The number of halogens is 3. The summed E-state index contributed by atoms with van der Waals surface area (Å²) in [6.45, 7) is 7.19. The molecule has 25 heteroatoms. The minimum Gasteiger partial charge on any atom is -0.477 e. The molecule has 3 N–H and O–H groups in total. The first-order valence-corrected chi connectivity index (χ1v) is 25.9. The smallest absolute Gasteiger partial charge is 0.354 e. The van der Waals surface area contributed by atoms with Crippen molar-refractivity contribution in [3.63, 3.8) is 0 Å². The number of ether oxygens (including phenoxy) is 4. The van der Waals surface area contributed by atoms with Gasteiger partial charge in [-0.25, -0.2) is 32.7 Å². The first kappa shape index (κ1) is 58.8. The lowest BCUT2D eigenvalue weighted by Crippen LogP contribution is -2.49. The van der Waals surface area contributed by atoms with Gasteiger partial charge >= 0.3 is 11.9 Å². The minimum absolute atomic E-state index is 0.00354. The van der Waals surface area contributed by atoms with E-state index < -0.39 is 61.0 Å². The van der Waals surface area contributed by atoms with Crippen LogP contribution in [0, 0.1) is 17.1 Å². The summed E-state index contributed by atoms with van der Waals surface area (Å²) in [5.41, 5.74) is 2.41. The van der Waals surface area contributed by atoms with Crippen LogP contribution in [0.25, 0.3) is 10.9 Å². The van der Waals surface area contributed by atoms with E-state index >= 15 is 0 Å². The number of likely N-dealkylation sites (tertiary alicyclic amines) is 1. The highest BCUT2D eigenvalue weighted by atomic mass is 19.3. The molecule has 0 saturated carbocycles. The summed E-state index contributed by atoms with van der Waals surface area (Å²) in [5, 5.41) is 31.6. The van der Waals surface area contributed by atoms with Gasteiger partial charge in [-0.3, -0.25) is 34.1 Å². The predicted octanol–water partition coefficient (Wildman–Crippen LogP) is 2.65. The van der Waals surface area contributed by atoms with Crippen molar-refractivity contribution in [3.05, 3.63) is 94.4 Å². The fourth-order valence-electron chi connectivity index (χ4n) is 9.39. The number of carboxylic acids is 2. The van der Waals surface area contributed by atoms with Crippen molar-refractivity contribution in [2.24, 2.45) is 0 Å². The SMILES string of the molecule is CN(CCCN1CCN(C(=O)Cc2cc(CN3CCOCCOCCN(Cc4cc(F)cc(C(=O)O)n4)CCOCCOCC3)nc(C(=O)O)c2)CC1)c1ccc2nccc(C(=O)NCC(=O)N3CC(F)(F)C[C@H]3C#N)c2c1. The summed E-state index contributed by atoms with van der Waals surface area (Å²) < 4.78 is 65.3. The van der Waals surface area contributed by atoms with E-state index in [0.29, 0.717) is 134 Å². The highest BCUT2D eigenvalue weighted by Crippen LogP contribution is 2.32. The number of hydrogen-bond donors (Lipinski definition) is 3. The van der Waals surface area contributed by atoms with Gasteiger partial charge in [0.25, 0.3) is 11.8 Å². The lowest BCUT2D eigenvalue weighted by atomic mass is 10.1. The highest BCUT2D eigenvalue weighted by Gasteiger charge is 2.47. The van der Waals surface area contributed by atoms with E-state index in [1.807, 2.05) is 29.0 Å². The number of carbonyl (C=O) groups is 5. The van der Waals surface area contributed by atoms with Crippen molar-refractivity contribution in [3.8, 4) is 6.07 Å². The van der Waals surface area contributed by atoms with Crippen LogP contribution in [0.1, 0.15) is 61.1 Å². The number of pyridine rings is 3. The number of amides is 3. The summed E-state index contributed by atoms with van der Waals surface area (Å²) in [5.74, 6) is -7.84. The van der Waals surface area contributed by atoms with Gasteiger partial charge in [0, 0.05) is 109 Å². The minimum atomic E-state index is -3.17. The standard InChI is InChI=1S/C53H66F3N11O11/c1-62(41-3-4-45-44(30-41)43(5-6-58-45)50(70)59-33-49(69)67-36-53(55,56)31-42(67)32-57)7-2-8-63-9-11-66(12-10-63)48(68)27-37-25-39(60-46(26-37)51(71)72)34-64-13-17-75-21-23-77-19-15-65(16-20-78-24-22-76-18-14-64)35-40-28-38(54)29-47(61-40)52(73)74/h3-6,25-26,28-30,42H,2,7-24,27,31,33-36H2,1H3,(H,59,70)(H,71,72)(H,73,74)/t42-/m0/s1. The second-order valence-electron chi connectivity index (χ2n) is 19.3. The molecule has 1 aromatic carbocycles. The number of nitrogens with one attached hydrogen (secondary N) is 1. The van der Waals surface area contributed by atoms with Gasteiger partial charge in [0.1, 0.15) is 17.6 Å². The van der Waals surface area contributed by atoms with Gasteiger partial charge in [0.05, 0.1) is 101 Å². The van der Waals surface area contributed by atoms with Gasteiger partial charge in [-0.1, -0.05) is 0 Å². The van der Waals surface area contributed by atoms with Gasteiger partial charge in [-0.2, -0.15) is 5.26 Å². The average molecular weight is 1090 g/mol. The molecular weight excluding hydrogens is 1020 g/mol. The van der Waals surface area contributed by atoms with Crippen molar-refractivity contribution in [2.75, 3.05) is 143 Å². The number of aromatic carboxylic acids is 2. The zero-order chi connectivity index (χ0) is 55.6. The lowest BCUT2D eigenvalue weighted by molar-refractivity contribution is -0.132. The second-order valence-corrected chi connectivity index (χ2v) is 19.3. The molecule has 3 aliphatic rings. The number of aromatic nitrogens is 3. The Hall–Kier alpha value is -6.92. The van der Waals surface area contributed by atoms with Crippen LogP contribution in [0.3, 0.4) is 0 Å². The Morgan fingerprint density at radius 3 is 1.94 bits per heavy atom. The summed E-state index contributed by atoms with van der Waals surface area (Å²) in [6, 6.07) is 12.8. The van der Waals surface area contributed by atoms with Gasteiger partial charge in [-0.15, -0.1) is 0 Å². The third-order valence-corrected chi connectivity index (χ3v) is 13.5. The molecule has 0 unspecified atom stereocenters. The van der Waals surface area contributed by atoms with Crippen LogP contribution in [-0.2, 0) is 48.0 Å². The number of rotatable bonds is 16. The van der Waals surface area contributed by atoms with E-state index in [-0.39, 0.29) is 48.1 Å². The van der Waals surface area contributed by atoms with Crippen molar-refractivity contribution >= 4 is 46.3 Å². The predicted molar refractivity (Wildman–Crippen MR) is 276 cm³/mol. The van der Waals surface area contributed by atoms with E-state index in [0.717, 1.165) is 29.6 Å². The summed E-state index contributed by atoms with van der Waals surface area (Å²) in [7, 11) is 1.93. The number of nitrogens with zero attached hydrogens (tertiary/aromatic N) is 10. The maximum absolute atomic E-state index is 14.1. The molecule has 4 aromatic rings. The van der Waals surface area contributed by atoms with Crippen LogP contribution in [-0.4, -0.2) is 230 Å². The summed E-state index contributed by atoms with van der Waals surface area (Å²) in [6.07, 6.45) is 1.53. The van der Waals surface area contributed by atoms with E-state index in [9.17, 15) is 52.6 Å². The molecule has 1 atom stereocenters. The first-order valence-electron chi connectivity index (χ1n) is 25.9. The van der Waals surface area contributed by atoms with Crippen molar-refractivity contribution < 1.29 is 66.3 Å². The Labute approximate surface area is 449 Å². The van der Waals surface area contributed by atoms with E-state index in [1.54, 1.807) is 23.1 Å². The monoisotopic (exact) mass is 1090 g/mol. The molecule has 78 heavy (non-hydrogen) atoms. The summed E-state index contributed by atoms with van der Waals surface area (Å²) >= 11 is 0. The van der Waals surface area contributed by atoms with Crippen molar-refractivity contribution in [1.29, 1.82) is 5.26 Å². The molecule has 3 saturated heterocycles. The number of alkyl halides is 2. The van der Waals surface area contributed by atoms with Crippen LogP contribution >= 0.6 is 0 Å². The normalized spacial score (nSPS) is 18.9. The third kappa shape index (κ3) is 17.5. The molecule has 3 aromatic heterocycles. The molecular formula is C53H66F3N11O11. The maximum atomic E-state index is 14.1. The van der Waals surface area contributed by atoms with Crippen molar-refractivity contribution in [2.45, 2.75) is 44.3 Å². The first-order chi connectivity index (χ1) is 37.5. The highest BCUT2D eigenvalue weighted by molar-refractivity contribution is 6.07. The van der Waals surface area contributed by atoms with Crippen LogP contribution < -0.4 is 10.2 Å².